The molecule has 6 nitrogen and oxygen atoms in total. The summed E-state index contributed by atoms with van der Waals surface area (Å²) < 4.78 is 25.6. The van der Waals surface area contributed by atoms with E-state index in [-0.39, 0.29) is 17.2 Å². The molecule has 8 heteroatoms. The van der Waals surface area contributed by atoms with Crippen LogP contribution in [0.4, 0.5) is 8.78 Å². The van der Waals surface area contributed by atoms with E-state index < -0.39 is 18.4 Å². The van der Waals surface area contributed by atoms with E-state index in [1.54, 1.807) is 6.92 Å². The molecule has 0 aromatic carbocycles. The lowest BCUT2D eigenvalue weighted by Crippen LogP contribution is -2.49. The van der Waals surface area contributed by atoms with Crippen LogP contribution in [0.1, 0.15) is 55.1 Å². The minimum atomic E-state index is -2.62. The second kappa shape index (κ2) is 6.58. The first-order chi connectivity index (χ1) is 12.9. The summed E-state index contributed by atoms with van der Waals surface area (Å²) >= 11 is 0. The first kappa shape index (κ1) is 17.9. The van der Waals surface area contributed by atoms with E-state index in [2.05, 4.69) is 15.3 Å². The molecule has 2 aromatic rings. The van der Waals surface area contributed by atoms with Crippen molar-refractivity contribution >= 4 is 22.8 Å². The van der Waals surface area contributed by atoms with E-state index in [1.165, 1.54) is 25.0 Å². The third-order valence-electron chi connectivity index (χ3n) is 5.80. The van der Waals surface area contributed by atoms with Gasteiger partial charge in [-0.25, -0.2) is 13.8 Å². The first-order valence-electron chi connectivity index (χ1n) is 9.23. The molecule has 2 aromatic heterocycles. The van der Waals surface area contributed by atoms with Crippen LogP contribution >= 0.6 is 0 Å². The van der Waals surface area contributed by atoms with Gasteiger partial charge in [0.2, 0.25) is 5.91 Å². The fourth-order valence-corrected chi connectivity index (χ4v) is 3.76. The van der Waals surface area contributed by atoms with Gasteiger partial charge in [0, 0.05) is 30.2 Å². The Kier molecular flexibility index (Phi) is 4.36. The first-order valence-corrected chi connectivity index (χ1v) is 9.23. The van der Waals surface area contributed by atoms with Gasteiger partial charge in [-0.3, -0.25) is 9.59 Å². The van der Waals surface area contributed by atoms with E-state index in [9.17, 15) is 18.4 Å². The zero-order valence-corrected chi connectivity index (χ0v) is 15.1. The standard InChI is InChI=1S/C19H22F2N4O2/c1-11(18(27)25-6-4-19(2-3-19)5-7-25)23-17(26)14-9-12-8-13(15(20)21)10-22-16(12)24-14/h8-11,15H,2-7H2,1H3,(H,22,24)(H,23,26)/t11-/m1/s1. The molecule has 1 atom stereocenters. The average Bonchev–Trinajstić information content (AvgIpc) is 3.26. The van der Waals surface area contributed by atoms with Gasteiger partial charge >= 0.3 is 0 Å². The Morgan fingerprint density at radius 1 is 1.22 bits per heavy atom. The highest BCUT2D eigenvalue weighted by Crippen LogP contribution is 2.53. The molecule has 2 amide bonds. The topological polar surface area (TPSA) is 78.1 Å². The molecule has 1 aliphatic heterocycles. The molecule has 3 heterocycles. The molecule has 27 heavy (non-hydrogen) atoms. The molecule has 1 saturated heterocycles. The highest BCUT2D eigenvalue weighted by molar-refractivity contribution is 5.99. The van der Waals surface area contributed by atoms with Gasteiger partial charge < -0.3 is 15.2 Å². The summed E-state index contributed by atoms with van der Waals surface area (Å²) in [6.45, 7) is 3.15. The van der Waals surface area contributed by atoms with Gasteiger partial charge in [-0.2, -0.15) is 0 Å². The number of H-pyrrole nitrogens is 1. The van der Waals surface area contributed by atoms with Crippen LogP contribution in [0.3, 0.4) is 0 Å². The van der Waals surface area contributed by atoms with Crippen LogP contribution in [0.25, 0.3) is 11.0 Å². The number of nitrogens with zero attached hydrogens (tertiary/aromatic N) is 2. The quantitative estimate of drug-likeness (QED) is 0.861. The molecule has 0 radical (unpaired) electrons. The number of amides is 2. The summed E-state index contributed by atoms with van der Waals surface area (Å²) in [5.74, 6) is -0.545. The lowest BCUT2D eigenvalue weighted by atomic mass is 9.93. The number of pyridine rings is 1. The smallest absolute Gasteiger partial charge is 0.268 e. The van der Waals surface area contributed by atoms with Gasteiger partial charge in [-0.15, -0.1) is 0 Å². The SMILES string of the molecule is C[C@@H](NC(=O)c1cc2cc(C(F)F)cnc2[nH]1)C(=O)N1CCC2(CC1)CC2. The number of nitrogens with one attached hydrogen (secondary N) is 2. The number of hydrogen-bond donors (Lipinski definition) is 2. The van der Waals surface area contributed by atoms with Crippen LogP contribution in [0.5, 0.6) is 0 Å². The molecular formula is C19H22F2N4O2. The molecule has 144 valence electrons. The second-order valence-corrected chi connectivity index (χ2v) is 7.71. The van der Waals surface area contributed by atoms with Gasteiger partial charge in [0.25, 0.3) is 12.3 Å². The predicted molar refractivity (Wildman–Crippen MR) is 95.5 cm³/mol. The molecule has 2 fully saturated rings. The number of halogens is 2. The highest BCUT2D eigenvalue weighted by atomic mass is 19.3. The molecule has 0 bridgehead atoms. The Bertz CT molecular complexity index is 881. The van der Waals surface area contributed by atoms with Crippen molar-refractivity contribution in [2.75, 3.05) is 13.1 Å². The highest BCUT2D eigenvalue weighted by Gasteiger charge is 2.45. The van der Waals surface area contributed by atoms with Crippen LogP contribution in [0.15, 0.2) is 18.3 Å². The van der Waals surface area contributed by atoms with Crippen LogP contribution in [-0.4, -0.2) is 45.8 Å². The number of fused-ring (bicyclic) bond motifs is 1. The minimum absolute atomic E-state index is 0.0897. The monoisotopic (exact) mass is 376 g/mol. The summed E-state index contributed by atoms with van der Waals surface area (Å²) in [7, 11) is 0. The summed E-state index contributed by atoms with van der Waals surface area (Å²) in [4.78, 5) is 33.6. The van der Waals surface area contributed by atoms with E-state index in [0.717, 1.165) is 32.1 Å². The van der Waals surface area contributed by atoms with Gasteiger partial charge in [-0.1, -0.05) is 0 Å². The van der Waals surface area contributed by atoms with Gasteiger partial charge in [0.05, 0.1) is 0 Å². The number of piperidine rings is 1. The zero-order valence-electron chi connectivity index (χ0n) is 15.1. The fraction of sp³-hybridized carbons (Fsp3) is 0.526. The summed E-state index contributed by atoms with van der Waals surface area (Å²) in [5, 5.41) is 3.12. The Labute approximate surface area is 155 Å². The van der Waals surface area contributed by atoms with Crippen molar-refractivity contribution in [1.29, 1.82) is 0 Å². The van der Waals surface area contributed by atoms with Crippen molar-refractivity contribution in [3.63, 3.8) is 0 Å². The van der Waals surface area contributed by atoms with Crippen LogP contribution in [0, 0.1) is 5.41 Å². The summed E-state index contributed by atoms with van der Waals surface area (Å²) in [5.41, 5.74) is 0.835. The van der Waals surface area contributed by atoms with Crippen LogP contribution in [-0.2, 0) is 4.79 Å². The number of carbonyl (C=O) groups is 2. The maximum atomic E-state index is 12.8. The largest absolute Gasteiger partial charge is 0.341 e. The predicted octanol–water partition coefficient (Wildman–Crippen LogP) is 3.02. The van der Waals surface area contributed by atoms with Crippen molar-refractivity contribution < 1.29 is 18.4 Å². The number of carbonyl (C=O) groups excluding carboxylic acids is 2. The maximum absolute atomic E-state index is 12.8. The lowest BCUT2D eigenvalue weighted by Gasteiger charge is -2.33. The van der Waals surface area contributed by atoms with E-state index in [0.29, 0.717) is 16.4 Å². The summed E-state index contributed by atoms with van der Waals surface area (Å²) in [6, 6.07) is 2.12. The molecule has 0 unspecified atom stereocenters. The Morgan fingerprint density at radius 2 is 1.93 bits per heavy atom. The van der Waals surface area contributed by atoms with Crippen molar-refractivity contribution in [3.8, 4) is 0 Å². The minimum Gasteiger partial charge on any atom is -0.341 e. The third kappa shape index (κ3) is 3.52. The third-order valence-corrected chi connectivity index (χ3v) is 5.80. The Balaban J connectivity index is 1.40. The number of hydrogen-bond acceptors (Lipinski definition) is 3. The van der Waals surface area contributed by atoms with Crippen LogP contribution in [0.2, 0.25) is 0 Å². The number of alkyl halides is 2. The van der Waals surface area contributed by atoms with Crippen molar-refractivity contribution in [1.82, 2.24) is 20.2 Å². The number of aromatic nitrogens is 2. The number of rotatable bonds is 4. The molecule has 1 spiro atoms. The normalized spacial score (nSPS) is 19.5. The number of aromatic amines is 1. The Hall–Kier alpha value is -2.51. The molecule has 2 aliphatic rings. The second-order valence-electron chi connectivity index (χ2n) is 7.71. The van der Waals surface area contributed by atoms with Gasteiger partial charge in [-0.05, 0) is 50.2 Å². The molecule has 2 N–H and O–H groups in total. The van der Waals surface area contributed by atoms with E-state index in [4.69, 9.17) is 0 Å². The van der Waals surface area contributed by atoms with Crippen molar-refractivity contribution in [2.45, 2.75) is 45.1 Å². The maximum Gasteiger partial charge on any atom is 0.268 e. The molecular weight excluding hydrogens is 354 g/mol. The van der Waals surface area contributed by atoms with Gasteiger partial charge in [0.15, 0.2) is 0 Å². The summed E-state index contributed by atoms with van der Waals surface area (Å²) in [6.07, 6.45) is 3.08. The van der Waals surface area contributed by atoms with Crippen LogP contribution < -0.4 is 5.32 Å². The number of likely N-dealkylation sites (tertiary alicyclic amines) is 1. The molecule has 4 rings (SSSR count). The van der Waals surface area contributed by atoms with Crippen molar-refractivity contribution in [2.24, 2.45) is 5.41 Å². The van der Waals surface area contributed by atoms with E-state index in [1.807, 2.05) is 4.90 Å². The lowest BCUT2D eigenvalue weighted by molar-refractivity contribution is -0.134. The fourth-order valence-electron chi connectivity index (χ4n) is 3.76. The molecule has 1 saturated carbocycles. The van der Waals surface area contributed by atoms with Gasteiger partial charge in [0.1, 0.15) is 17.4 Å². The average molecular weight is 376 g/mol. The van der Waals surface area contributed by atoms with E-state index >= 15 is 0 Å². The molecule has 1 aliphatic carbocycles. The van der Waals surface area contributed by atoms with Crippen molar-refractivity contribution in [3.05, 3.63) is 29.6 Å². The Morgan fingerprint density at radius 3 is 2.56 bits per heavy atom. The zero-order chi connectivity index (χ0) is 19.2.